The van der Waals surface area contributed by atoms with E-state index in [0.29, 0.717) is 0 Å². The molecular formula is C21H18N8S2. The number of nitrogens with zero attached hydrogens (tertiary/aromatic N) is 8. The van der Waals surface area contributed by atoms with Crippen LogP contribution < -0.4 is 9.80 Å². The fourth-order valence-corrected chi connectivity index (χ4v) is 5.48. The van der Waals surface area contributed by atoms with E-state index >= 15 is 0 Å². The zero-order valence-electron chi connectivity index (χ0n) is 16.5. The van der Waals surface area contributed by atoms with Crippen molar-refractivity contribution >= 4 is 44.7 Å². The number of fused-ring (bicyclic) bond motifs is 1. The summed E-state index contributed by atoms with van der Waals surface area (Å²) in [5.41, 5.74) is 1.81. The molecule has 0 bridgehead atoms. The van der Waals surface area contributed by atoms with Crippen molar-refractivity contribution in [2.75, 3.05) is 36.0 Å². The highest BCUT2D eigenvalue weighted by Crippen LogP contribution is 2.32. The number of hydrogen-bond acceptors (Lipinski definition) is 9. The number of hydrogen-bond donors (Lipinski definition) is 0. The molecule has 0 aliphatic carbocycles. The van der Waals surface area contributed by atoms with Gasteiger partial charge in [-0.15, -0.1) is 21.5 Å². The molecule has 0 atom stereocenters. The zero-order chi connectivity index (χ0) is 20.6. The lowest BCUT2D eigenvalue weighted by atomic mass is 10.3. The third-order valence-corrected chi connectivity index (χ3v) is 7.36. The lowest BCUT2D eigenvalue weighted by molar-refractivity contribution is 0.645. The molecule has 154 valence electrons. The first-order valence-electron chi connectivity index (χ1n) is 9.98. The normalized spacial score (nSPS) is 14.5. The van der Waals surface area contributed by atoms with Crippen LogP contribution in [0.15, 0.2) is 60.4 Å². The van der Waals surface area contributed by atoms with Crippen LogP contribution in [0.1, 0.15) is 0 Å². The van der Waals surface area contributed by atoms with Crippen LogP contribution in [0, 0.1) is 0 Å². The summed E-state index contributed by atoms with van der Waals surface area (Å²) in [5.74, 6) is 0.934. The van der Waals surface area contributed by atoms with Gasteiger partial charge in [0.05, 0.1) is 22.1 Å². The van der Waals surface area contributed by atoms with Crippen LogP contribution in [0.2, 0.25) is 0 Å². The van der Waals surface area contributed by atoms with Gasteiger partial charge in [0, 0.05) is 26.2 Å². The Balaban J connectivity index is 1.22. The first kappa shape index (κ1) is 18.4. The Kier molecular flexibility index (Phi) is 4.58. The summed E-state index contributed by atoms with van der Waals surface area (Å²) in [5, 5.41) is 18.4. The topological polar surface area (TPSA) is 75.9 Å². The molecule has 31 heavy (non-hydrogen) atoms. The molecular weight excluding hydrogens is 428 g/mol. The molecule has 0 unspecified atom stereocenters. The summed E-state index contributed by atoms with van der Waals surface area (Å²) in [6, 6.07) is 14.2. The van der Waals surface area contributed by atoms with Crippen LogP contribution in [-0.2, 0) is 0 Å². The Morgan fingerprint density at radius 3 is 2.48 bits per heavy atom. The van der Waals surface area contributed by atoms with Gasteiger partial charge < -0.3 is 9.80 Å². The van der Waals surface area contributed by atoms with Gasteiger partial charge in [0.25, 0.3) is 0 Å². The van der Waals surface area contributed by atoms with E-state index in [1.807, 2.05) is 47.3 Å². The monoisotopic (exact) mass is 446 g/mol. The van der Waals surface area contributed by atoms with Crippen molar-refractivity contribution < 1.29 is 0 Å². The molecule has 8 nitrogen and oxygen atoms in total. The molecule has 0 saturated carbocycles. The summed E-state index contributed by atoms with van der Waals surface area (Å²) in [7, 11) is 0. The Labute approximate surface area is 186 Å². The maximum absolute atomic E-state index is 4.59. The minimum Gasteiger partial charge on any atom is -0.352 e. The molecule has 5 aromatic rings. The van der Waals surface area contributed by atoms with Gasteiger partial charge in [-0.25, -0.2) is 14.6 Å². The number of thiophene rings is 1. The maximum atomic E-state index is 4.59. The van der Waals surface area contributed by atoms with Gasteiger partial charge in [0.2, 0.25) is 5.13 Å². The molecule has 4 aromatic heterocycles. The van der Waals surface area contributed by atoms with Crippen molar-refractivity contribution in [2.24, 2.45) is 0 Å². The van der Waals surface area contributed by atoms with E-state index < -0.39 is 0 Å². The summed E-state index contributed by atoms with van der Waals surface area (Å²) in [6.07, 6.45) is 3.49. The van der Waals surface area contributed by atoms with E-state index in [0.717, 1.165) is 58.9 Å². The first-order valence-corrected chi connectivity index (χ1v) is 11.7. The Morgan fingerprint density at radius 2 is 1.68 bits per heavy atom. The van der Waals surface area contributed by atoms with Gasteiger partial charge in [0.1, 0.15) is 12.1 Å². The number of piperazine rings is 1. The number of benzene rings is 1. The summed E-state index contributed by atoms with van der Waals surface area (Å²) in [6.45, 7) is 3.46. The van der Waals surface area contributed by atoms with Crippen LogP contribution >= 0.6 is 22.7 Å². The van der Waals surface area contributed by atoms with Crippen molar-refractivity contribution in [1.29, 1.82) is 0 Å². The van der Waals surface area contributed by atoms with Gasteiger partial charge in [-0.2, -0.15) is 5.10 Å². The molecule has 5 heterocycles. The average Bonchev–Trinajstić information content (AvgIpc) is 3.60. The Bertz CT molecular complexity index is 1300. The quantitative estimate of drug-likeness (QED) is 0.416. The van der Waals surface area contributed by atoms with Crippen molar-refractivity contribution in [2.45, 2.75) is 0 Å². The van der Waals surface area contributed by atoms with Crippen LogP contribution in [0.4, 0.5) is 10.9 Å². The molecule has 1 saturated heterocycles. The molecule has 1 aliphatic heterocycles. The number of para-hydroxylation sites is 1. The lowest BCUT2D eigenvalue weighted by Crippen LogP contribution is -2.46. The molecule has 10 heteroatoms. The molecule has 0 N–H and O–H groups in total. The van der Waals surface area contributed by atoms with Crippen LogP contribution in [-0.4, -0.2) is 56.1 Å². The van der Waals surface area contributed by atoms with Crippen LogP contribution in [0.25, 0.3) is 26.6 Å². The fourth-order valence-electron chi connectivity index (χ4n) is 3.79. The average molecular weight is 447 g/mol. The van der Waals surface area contributed by atoms with E-state index in [9.17, 15) is 0 Å². The minimum atomic E-state index is 0.823. The van der Waals surface area contributed by atoms with Crippen LogP contribution in [0.3, 0.4) is 0 Å². The fraction of sp³-hybridized carbons (Fsp3) is 0.190. The Morgan fingerprint density at radius 1 is 0.839 bits per heavy atom. The third-order valence-electron chi connectivity index (χ3n) is 5.34. The summed E-state index contributed by atoms with van der Waals surface area (Å²) in [4.78, 5) is 14.9. The highest BCUT2D eigenvalue weighted by Gasteiger charge is 2.24. The van der Waals surface area contributed by atoms with Crippen LogP contribution in [0.5, 0.6) is 0 Å². The predicted molar refractivity (Wildman–Crippen MR) is 124 cm³/mol. The summed E-state index contributed by atoms with van der Waals surface area (Å²) < 4.78 is 1.87. The van der Waals surface area contributed by atoms with Crippen molar-refractivity contribution in [3.8, 4) is 15.6 Å². The maximum Gasteiger partial charge on any atom is 0.208 e. The molecule has 6 rings (SSSR count). The van der Waals surface area contributed by atoms with Crippen molar-refractivity contribution in [1.82, 2.24) is 29.9 Å². The number of anilines is 2. The minimum absolute atomic E-state index is 0.823. The zero-order valence-corrected chi connectivity index (χ0v) is 18.1. The van der Waals surface area contributed by atoms with Gasteiger partial charge >= 0.3 is 0 Å². The smallest absolute Gasteiger partial charge is 0.208 e. The molecule has 1 aliphatic rings. The second-order valence-electron chi connectivity index (χ2n) is 7.17. The predicted octanol–water partition coefficient (Wildman–Crippen LogP) is 3.72. The van der Waals surface area contributed by atoms with E-state index in [-0.39, 0.29) is 0 Å². The lowest BCUT2D eigenvalue weighted by Gasteiger charge is -2.35. The molecule has 1 fully saturated rings. The van der Waals surface area contributed by atoms with Crippen molar-refractivity contribution in [3.05, 3.63) is 60.4 Å². The molecule has 0 amide bonds. The highest BCUT2D eigenvalue weighted by atomic mass is 32.1. The van der Waals surface area contributed by atoms with E-state index in [4.69, 9.17) is 0 Å². The van der Waals surface area contributed by atoms with Gasteiger partial charge in [-0.05, 0) is 23.6 Å². The number of aromatic nitrogens is 6. The van der Waals surface area contributed by atoms with Gasteiger partial charge in [0.15, 0.2) is 10.7 Å². The van der Waals surface area contributed by atoms with Crippen molar-refractivity contribution in [3.63, 3.8) is 0 Å². The Hall–Kier alpha value is -3.37. The first-order chi connectivity index (χ1) is 15.4. The molecule has 1 aromatic carbocycles. The second-order valence-corrected chi connectivity index (χ2v) is 9.07. The van der Waals surface area contributed by atoms with Gasteiger partial charge in [-0.3, -0.25) is 0 Å². The van der Waals surface area contributed by atoms with Gasteiger partial charge in [-0.1, -0.05) is 35.6 Å². The molecule has 0 radical (unpaired) electrons. The largest absolute Gasteiger partial charge is 0.352 e. The summed E-state index contributed by atoms with van der Waals surface area (Å²) >= 11 is 3.35. The number of rotatable bonds is 4. The van der Waals surface area contributed by atoms with E-state index in [2.05, 4.69) is 46.5 Å². The second kappa shape index (κ2) is 7.71. The van der Waals surface area contributed by atoms with E-state index in [1.165, 1.54) is 4.88 Å². The standard InChI is InChI=1S/C21H18N8S2/c1-2-5-15(6-3-1)29-19-16(13-24-29)18(22-14-23-19)27-8-10-28(11-9-27)21-26-25-20(31-21)17-7-4-12-30-17/h1-7,12-14H,8-11H2. The molecule has 0 spiro atoms. The highest BCUT2D eigenvalue weighted by molar-refractivity contribution is 7.22. The van der Waals surface area contributed by atoms with E-state index in [1.54, 1.807) is 29.0 Å². The third kappa shape index (κ3) is 3.33. The SMILES string of the molecule is c1ccc(-n2ncc3c(N4CCN(c5nnc(-c6cccs6)s5)CC4)ncnc32)cc1.